The predicted molar refractivity (Wildman–Crippen MR) is 67.1 cm³/mol. The molecule has 3 heteroatoms. The van der Waals surface area contributed by atoms with E-state index in [1.807, 2.05) is 6.92 Å². The van der Waals surface area contributed by atoms with E-state index in [0.717, 1.165) is 31.8 Å². The first-order valence-corrected chi connectivity index (χ1v) is 6.66. The highest BCUT2D eigenvalue weighted by Gasteiger charge is 2.21. The van der Waals surface area contributed by atoms with E-state index in [0.29, 0.717) is 12.3 Å². The number of hydrogen-bond acceptors (Lipinski definition) is 2. The van der Waals surface area contributed by atoms with Gasteiger partial charge in [0, 0.05) is 25.6 Å². The monoisotopic (exact) mass is 226 g/mol. The van der Waals surface area contributed by atoms with Crippen molar-refractivity contribution in [3.8, 4) is 0 Å². The largest absolute Gasteiger partial charge is 0.342 e. The second-order valence-electron chi connectivity index (χ2n) is 5.13. The molecule has 0 aliphatic carbocycles. The highest BCUT2D eigenvalue weighted by atomic mass is 16.2. The Kier molecular flexibility index (Phi) is 5.81. The lowest BCUT2D eigenvalue weighted by Gasteiger charge is -2.32. The maximum Gasteiger partial charge on any atom is 0.222 e. The number of carbonyl (C=O) groups is 1. The van der Waals surface area contributed by atoms with Crippen LogP contribution in [0, 0.1) is 5.92 Å². The second kappa shape index (κ2) is 6.89. The van der Waals surface area contributed by atoms with E-state index in [4.69, 9.17) is 5.73 Å². The van der Waals surface area contributed by atoms with Crippen molar-refractivity contribution >= 4 is 5.91 Å². The average Bonchev–Trinajstić information content (AvgIpc) is 2.28. The molecular weight excluding hydrogens is 200 g/mol. The number of hydrogen-bond donors (Lipinski definition) is 1. The van der Waals surface area contributed by atoms with Crippen LogP contribution in [0.2, 0.25) is 0 Å². The van der Waals surface area contributed by atoms with E-state index in [1.165, 1.54) is 19.3 Å². The van der Waals surface area contributed by atoms with Crippen LogP contribution in [-0.4, -0.2) is 29.9 Å². The van der Waals surface area contributed by atoms with Crippen molar-refractivity contribution in [2.75, 3.05) is 13.1 Å². The molecule has 2 unspecified atom stereocenters. The van der Waals surface area contributed by atoms with Crippen molar-refractivity contribution in [2.24, 2.45) is 11.7 Å². The molecule has 1 fully saturated rings. The van der Waals surface area contributed by atoms with Crippen LogP contribution in [0.5, 0.6) is 0 Å². The predicted octanol–water partition coefficient (Wildman–Crippen LogP) is 2.15. The van der Waals surface area contributed by atoms with Gasteiger partial charge in [-0.1, -0.05) is 13.3 Å². The van der Waals surface area contributed by atoms with Gasteiger partial charge < -0.3 is 10.6 Å². The molecule has 1 aliphatic heterocycles. The Morgan fingerprint density at radius 2 is 2.31 bits per heavy atom. The van der Waals surface area contributed by atoms with Crippen molar-refractivity contribution in [1.82, 2.24) is 4.90 Å². The fourth-order valence-electron chi connectivity index (χ4n) is 2.36. The maximum absolute atomic E-state index is 11.9. The smallest absolute Gasteiger partial charge is 0.222 e. The molecule has 0 bridgehead atoms. The number of carbonyl (C=O) groups excluding carboxylic acids is 1. The summed E-state index contributed by atoms with van der Waals surface area (Å²) in [7, 11) is 0. The van der Waals surface area contributed by atoms with Gasteiger partial charge in [-0.25, -0.2) is 0 Å². The fraction of sp³-hybridized carbons (Fsp3) is 0.923. The van der Waals surface area contributed by atoms with E-state index in [9.17, 15) is 4.79 Å². The van der Waals surface area contributed by atoms with Crippen molar-refractivity contribution < 1.29 is 4.79 Å². The van der Waals surface area contributed by atoms with Gasteiger partial charge in [0.05, 0.1) is 0 Å². The lowest BCUT2D eigenvalue weighted by Crippen LogP contribution is -2.39. The summed E-state index contributed by atoms with van der Waals surface area (Å²) in [6.45, 7) is 6.16. The molecule has 16 heavy (non-hydrogen) atoms. The van der Waals surface area contributed by atoms with E-state index in [1.54, 1.807) is 0 Å². The number of nitrogens with two attached hydrogens (primary N) is 1. The van der Waals surface area contributed by atoms with Crippen LogP contribution in [0.1, 0.15) is 52.4 Å². The zero-order chi connectivity index (χ0) is 12.0. The molecule has 1 rings (SSSR count). The highest BCUT2D eigenvalue weighted by molar-refractivity contribution is 5.76. The minimum absolute atomic E-state index is 0.220. The van der Waals surface area contributed by atoms with Gasteiger partial charge in [-0.15, -0.1) is 0 Å². The van der Waals surface area contributed by atoms with Crippen molar-refractivity contribution in [1.29, 1.82) is 0 Å². The van der Waals surface area contributed by atoms with Gasteiger partial charge in [0.1, 0.15) is 0 Å². The molecule has 94 valence electrons. The Hall–Kier alpha value is -0.570. The van der Waals surface area contributed by atoms with E-state index in [2.05, 4.69) is 11.8 Å². The molecule has 1 saturated heterocycles. The lowest BCUT2D eigenvalue weighted by molar-refractivity contribution is -0.133. The summed E-state index contributed by atoms with van der Waals surface area (Å²) in [5.41, 5.74) is 5.68. The number of amides is 1. The van der Waals surface area contributed by atoms with Crippen LogP contribution >= 0.6 is 0 Å². The number of nitrogens with zero attached hydrogens (tertiary/aromatic N) is 1. The van der Waals surface area contributed by atoms with Gasteiger partial charge in [-0.3, -0.25) is 4.79 Å². The molecule has 2 atom stereocenters. The van der Waals surface area contributed by atoms with Gasteiger partial charge in [-0.2, -0.15) is 0 Å². The average molecular weight is 226 g/mol. The highest BCUT2D eigenvalue weighted by Crippen LogP contribution is 2.20. The summed E-state index contributed by atoms with van der Waals surface area (Å²) < 4.78 is 0. The third-order valence-corrected chi connectivity index (χ3v) is 3.50. The van der Waals surface area contributed by atoms with E-state index >= 15 is 0 Å². The normalized spacial score (nSPS) is 23.2. The molecule has 1 amide bonds. The van der Waals surface area contributed by atoms with Gasteiger partial charge in [-0.05, 0) is 38.5 Å². The van der Waals surface area contributed by atoms with Crippen LogP contribution in [0.4, 0.5) is 0 Å². The fourth-order valence-corrected chi connectivity index (χ4v) is 2.36. The molecule has 2 N–H and O–H groups in total. The van der Waals surface area contributed by atoms with E-state index in [-0.39, 0.29) is 6.04 Å². The summed E-state index contributed by atoms with van der Waals surface area (Å²) in [5.74, 6) is 1.06. The van der Waals surface area contributed by atoms with E-state index < -0.39 is 0 Å². The van der Waals surface area contributed by atoms with Crippen LogP contribution in [-0.2, 0) is 4.79 Å². The number of likely N-dealkylation sites (tertiary alicyclic amines) is 1. The third-order valence-electron chi connectivity index (χ3n) is 3.50. The second-order valence-corrected chi connectivity index (χ2v) is 5.13. The molecule has 0 radical (unpaired) electrons. The molecule has 1 heterocycles. The summed E-state index contributed by atoms with van der Waals surface area (Å²) >= 11 is 0. The lowest BCUT2D eigenvalue weighted by atomic mass is 9.95. The zero-order valence-electron chi connectivity index (χ0n) is 10.7. The summed E-state index contributed by atoms with van der Waals surface area (Å²) in [6, 6.07) is 0.220. The van der Waals surface area contributed by atoms with Crippen molar-refractivity contribution in [3.05, 3.63) is 0 Å². The molecular formula is C13H26N2O. The van der Waals surface area contributed by atoms with Gasteiger partial charge in [0.25, 0.3) is 0 Å². The number of rotatable bonds is 5. The van der Waals surface area contributed by atoms with Gasteiger partial charge in [0.2, 0.25) is 5.91 Å². The first-order chi connectivity index (χ1) is 7.63. The first-order valence-electron chi connectivity index (χ1n) is 6.66. The molecule has 0 spiro atoms. The third kappa shape index (κ3) is 4.52. The Labute approximate surface area is 99.4 Å². The molecule has 0 aromatic heterocycles. The molecule has 0 aromatic carbocycles. The minimum Gasteiger partial charge on any atom is -0.342 e. The molecule has 0 saturated carbocycles. The summed E-state index contributed by atoms with van der Waals surface area (Å²) in [6.07, 6.45) is 6.24. The van der Waals surface area contributed by atoms with Crippen molar-refractivity contribution in [3.63, 3.8) is 0 Å². The van der Waals surface area contributed by atoms with Crippen molar-refractivity contribution in [2.45, 2.75) is 58.4 Å². The standard InChI is InChI=1S/C13H26N2O/c1-3-12-7-5-9-15(10-12)13(16)8-4-6-11(2)14/h11-12H,3-10,14H2,1-2H3. The Morgan fingerprint density at radius 3 is 2.94 bits per heavy atom. The Morgan fingerprint density at radius 1 is 1.56 bits per heavy atom. The maximum atomic E-state index is 11.9. The quantitative estimate of drug-likeness (QED) is 0.781. The SMILES string of the molecule is CCC1CCCN(C(=O)CCCC(C)N)C1. The van der Waals surface area contributed by atoms with Gasteiger partial charge >= 0.3 is 0 Å². The molecule has 3 nitrogen and oxygen atoms in total. The van der Waals surface area contributed by atoms with Crippen LogP contribution in [0.15, 0.2) is 0 Å². The zero-order valence-corrected chi connectivity index (χ0v) is 10.7. The summed E-state index contributed by atoms with van der Waals surface area (Å²) in [5, 5.41) is 0. The number of piperidine rings is 1. The topological polar surface area (TPSA) is 46.3 Å². The molecule has 0 aromatic rings. The molecule has 1 aliphatic rings. The van der Waals surface area contributed by atoms with Gasteiger partial charge in [0.15, 0.2) is 0 Å². The van der Waals surface area contributed by atoms with Crippen LogP contribution < -0.4 is 5.73 Å². The Bertz CT molecular complexity index is 216. The Balaban J connectivity index is 2.24. The summed E-state index contributed by atoms with van der Waals surface area (Å²) in [4.78, 5) is 14.0. The first kappa shape index (κ1) is 13.5. The van der Waals surface area contributed by atoms with Crippen LogP contribution in [0.3, 0.4) is 0 Å². The minimum atomic E-state index is 0.220. The van der Waals surface area contributed by atoms with Crippen LogP contribution in [0.25, 0.3) is 0 Å².